The van der Waals surface area contributed by atoms with Crippen molar-refractivity contribution in [2.24, 2.45) is 0 Å². The van der Waals surface area contributed by atoms with E-state index < -0.39 is 12.0 Å². The van der Waals surface area contributed by atoms with Crippen LogP contribution in [0.1, 0.15) is 26.0 Å². The van der Waals surface area contributed by atoms with Gasteiger partial charge in [0.15, 0.2) is 5.13 Å². The maximum Gasteiger partial charge on any atom is 0.326 e. The molecule has 1 N–H and O–H groups in total. The average Bonchev–Trinajstić information content (AvgIpc) is 2.66. The molecule has 0 aliphatic rings. The molecule has 0 spiro atoms. The highest BCUT2D eigenvalue weighted by Gasteiger charge is 2.22. The zero-order valence-corrected chi connectivity index (χ0v) is 10.0. The first kappa shape index (κ1) is 12.0. The molecular formula is C10H16N2O2S. The quantitative estimate of drug-likeness (QED) is 0.837. The summed E-state index contributed by atoms with van der Waals surface area (Å²) in [5.74, 6) is -0.798. The van der Waals surface area contributed by atoms with Gasteiger partial charge in [-0.15, -0.1) is 11.3 Å². The van der Waals surface area contributed by atoms with Crippen LogP contribution < -0.4 is 4.90 Å². The molecule has 1 aromatic heterocycles. The van der Waals surface area contributed by atoms with Gasteiger partial charge in [0, 0.05) is 12.4 Å². The van der Waals surface area contributed by atoms with Gasteiger partial charge < -0.3 is 10.0 Å². The Hall–Kier alpha value is -1.10. The molecule has 0 amide bonds. The van der Waals surface area contributed by atoms with Crippen LogP contribution in [-0.2, 0) is 11.2 Å². The number of nitrogens with zero attached hydrogens (tertiary/aromatic N) is 2. The van der Waals surface area contributed by atoms with Gasteiger partial charge >= 0.3 is 5.97 Å². The fourth-order valence-corrected chi connectivity index (χ4v) is 2.29. The monoisotopic (exact) mass is 228 g/mol. The molecule has 0 aromatic carbocycles. The molecule has 1 rings (SSSR count). The molecule has 0 bridgehead atoms. The average molecular weight is 228 g/mol. The van der Waals surface area contributed by atoms with Crippen molar-refractivity contribution >= 4 is 22.4 Å². The minimum atomic E-state index is -0.798. The predicted octanol–water partition coefficient (Wildman–Crippen LogP) is 2.00. The summed E-state index contributed by atoms with van der Waals surface area (Å²) in [4.78, 5) is 17.0. The lowest BCUT2D eigenvalue weighted by Crippen LogP contribution is -2.37. The number of carboxylic acid groups (broad SMARTS) is 1. The lowest BCUT2D eigenvalue weighted by atomic mass is 10.2. The fourth-order valence-electron chi connectivity index (χ4n) is 1.37. The largest absolute Gasteiger partial charge is 0.480 e. The van der Waals surface area contributed by atoms with E-state index in [9.17, 15) is 4.79 Å². The van der Waals surface area contributed by atoms with E-state index in [1.54, 1.807) is 11.9 Å². The first-order chi connectivity index (χ1) is 7.10. The lowest BCUT2D eigenvalue weighted by Gasteiger charge is -2.22. The van der Waals surface area contributed by atoms with Crippen LogP contribution in [0.3, 0.4) is 0 Å². The second-order valence-electron chi connectivity index (χ2n) is 3.35. The Morgan fingerprint density at radius 3 is 2.73 bits per heavy atom. The van der Waals surface area contributed by atoms with Crippen LogP contribution in [-0.4, -0.2) is 29.1 Å². The number of carbonyl (C=O) groups is 1. The maximum absolute atomic E-state index is 11.0. The molecule has 84 valence electrons. The molecule has 0 fully saturated rings. The van der Waals surface area contributed by atoms with E-state index in [1.165, 1.54) is 11.3 Å². The number of hydrogen-bond donors (Lipinski definition) is 1. The minimum absolute atomic E-state index is 0.485. The van der Waals surface area contributed by atoms with Crippen molar-refractivity contribution in [3.63, 3.8) is 0 Å². The van der Waals surface area contributed by atoms with Crippen LogP contribution in [0.4, 0.5) is 5.13 Å². The van der Waals surface area contributed by atoms with Crippen molar-refractivity contribution in [1.82, 2.24) is 4.98 Å². The Kier molecular flexibility index (Phi) is 4.08. The van der Waals surface area contributed by atoms with Crippen molar-refractivity contribution in [1.29, 1.82) is 0 Å². The van der Waals surface area contributed by atoms with E-state index in [0.717, 1.165) is 17.2 Å². The van der Waals surface area contributed by atoms with Crippen LogP contribution >= 0.6 is 11.3 Å². The standard InChI is InChI=1S/C10H16N2O2S/c1-4-7-6-15-10(11-7)12(3)8(5-2)9(13)14/h6,8H,4-5H2,1-3H3,(H,13,14). The van der Waals surface area contributed by atoms with Crippen molar-refractivity contribution in [3.05, 3.63) is 11.1 Å². The van der Waals surface area contributed by atoms with Crippen LogP contribution in [0.15, 0.2) is 5.38 Å². The summed E-state index contributed by atoms with van der Waals surface area (Å²) >= 11 is 1.49. The molecule has 1 heterocycles. The summed E-state index contributed by atoms with van der Waals surface area (Å²) in [7, 11) is 1.78. The molecular weight excluding hydrogens is 212 g/mol. The third-order valence-corrected chi connectivity index (χ3v) is 3.32. The van der Waals surface area contributed by atoms with Gasteiger partial charge in [-0.1, -0.05) is 13.8 Å². The summed E-state index contributed by atoms with van der Waals surface area (Å²) in [6.45, 7) is 3.90. The van der Waals surface area contributed by atoms with E-state index in [0.29, 0.717) is 6.42 Å². The Morgan fingerprint density at radius 1 is 1.67 bits per heavy atom. The first-order valence-electron chi connectivity index (χ1n) is 5.00. The summed E-state index contributed by atoms with van der Waals surface area (Å²) in [5.41, 5.74) is 1.02. The third-order valence-electron chi connectivity index (χ3n) is 2.34. The zero-order chi connectivity index (χ0) is 11.4. The molecule has 1 atom stereocenters. The molecule has 1 aromatic rings. The van der Waals surface area contributed by atoms with Gasteiger partial charge in [-0.05, 0) is 12.8 Å². The Labute approximate surface area is 93.6 Å². The number of aliphatic carboxylic acids is 1. The summed E-state index contributed by atoms with van der Waals surface area (Å²) < 4.78 is 0. The number of anilines is 1. The van der Waals surface area contributed by atoms with E-state index in [2.05, 4.69) is 4.98 Å². The van der Waals surface area contributed by atoms with Gasteiger partial charge in [0.05, 0.1) is 5.69 Å². The molecule has 0 radical (unpaired) electrons. The van der Waals surface area contributed by atoms with Crippen molar-refractivity contribution in [2.75, 3.05) is 11.9 Å². The van der Waals surface area contributed by atoms with E-state index in [4.69, 9.17) is 5.11 Å². The Morgan fingerprint density at radius 2 is 2.33 bits per heavy atom. The highest BCUT2D eigenvalue weighted by molar-refractivity contribution is 7.13. The van der Waals surface area contributed by atoms with Crippen molar-refractivity contribution in [3.8, 4) is 0 Å². The van der Waals surface area contributed by atoms with E-state index >= 15 is 0 Å². The van der Waals surface area contributed by atoms with Gasteiger partial charge in [0.25, 0.3) is 0 Å². The molecule has 4 nitrogen and oxygen atoms in total. The predicted molar refractivity (Wildman–Crippen MR) is 61.6 cm³/mol. The second kappa shape index (κ2) is 5.11. The highest BCUT2D eigenvalue weighted by Crippen LogP contribution is 2.22. The molecule has 0 aliphatic carbocycles. The maximum atomic E-state index is 11.0. The highest BCUT2D eigenvalue weighted by atomic mass is 32.1. The third kappa shape index (κ3) is 2.68. The van der Waals surface area contributed by atoms with Crippen LogP contribution in [0.2, 0.25) is 0 Å². The normalized spacial score (nSPS) is 12.5. The van der Waals surface area contributed by atoms with Gasteiger partial charge in [0.1, 0.15) is 6.04 Å². The summed E-state index contributed by atoms with van der Waals surface area (Å²) in [5, 5.41) is 11.8. The number of carboxylic acids is 1. The van der Waals surface area contributed by atoms with Crippen LogP contribution in [0, 0.1) is 0 Å². The topological polar surface area (TPSA) is 53.4 Å². The Bertz CT molecular complexity index is 338. The van der Waals surface area contributed by atoms with Gasteiger partial charge in [-0.3, -0.25) is 0 Å². The van der Waals surface area contributed by atoms with Crippen molar-refractivity contribution in [2.45, 2.75) is 32.7 Å². The molecule has 0 saturated heterocycles. The van der Waals surface area contributed by atoms with Gasteiger partial charge in [-0.25, -0.2) is 9.78 Å². The number of thiazole rings is 1. The van der Waals surface area contributed by atoms with Gasteiger partial charge in [-0.2, -0.15) is 0 Å². The molecule has 0 aliphatic heterocycles. The lowest BCUT2D eigenvalue weighted by molar-refractivity contribution is -0.138. The summed E-state index contributed by atoms with van der Waals surface area (Å²) in [6, 6.07) is -0.485. The number of aromatic nitrogens is 1. The summed E-state index contributed by atoms with van der Waals surface area (Å²) in [6.07, 6.45) is 1.46. The number of aryl methyl sites for hydroxylation is 1. The van der Waals surface area contributed by atoms with Crippen LogP contribution in [0.25, 0.3) is 0 Å². The molecule has 15 heavy (non-hydrogen) atoms. The fraction of sp³-hybridized carbons (Fsp3) is 0.600. The molecule has 1 unspecified atom stereocenters. The second-order valence-corrected chi connectivity index (χ2v) is 4.18. The smallest absolute Gasteiger partial charge is 0.326 e. The number of rotatable bonds is 5. The Balaban J connectivity index is 2.82. The van der Waals surface area contributed by atoms with Crippen molar-refractivity contribution < 1.29 is 9.90 Å². The first-order valence-corrected chi connectivity index (χ1v) is 5.88. The molecule has 0 saturated carbocycles. The molecule has 5 heteroatoms. The number of likely N-dealkylation sites (N-methyl/N-ethyl adjacent to an activating group) is 1. The van der Waals surface area contributed by atoms with E-state index in [1.807, 2.05) is 19.2 Å². The SMILES string of the molecule is CCc1csc(N(C)C(CC)C(=O)O)n1. The van der Waals surface area contributed by atoms with Crippen LogP contribution in [0.5, 0.6) is 0 Å². The number of hydrogen-bond acceptors (Lipinski definition) is 4. The minimum Gasteiger partial charge on any atom is -0.480 e. The van der Waals surface area contributed by atoms with Gasteiger partial charge in [0.2, 0.25) is 0 Å². The van der Waals surface area contributed by atoms with E-state index in [-0.39, 0.29) is 0 Å². The zero-order valence-electron chi connectivity index (χ0n) is 9.23.